The van der Waals surface area contributed by atoms with Gasteiger partial charge in [0.2, 0.25) is 5.82 Å². The van der Waals surface area contributed by atoms with Gasteiger partial charge in [-0.3, -0.25) is 9.78 Å². The van der Waals surface area contributed by atoms with Crippen molar-refractivity contribution in [3.8, 4) is 11.4 Å². The number of nitrogen functional groups attached to an aromatic ring is 1. The first kappa shape index (κ1) is 19.2. The summed E-state index contributed by atoms with van der Waals surface area (Å²) in [6, 6.07) is 3.49. The summed E-state index contributed by atoms with van der Waals surface area (Å²) in [6.07, 6.45) is 3.72. The molecule has 1 aliphatic rings. The second-order valence-electron chi connectivity index (χ2n) is 6.99. The summed E-state index contributed by atoms with van der Waals surface area (Å²) in [5.74, 6) is 1.37. The lowest BCUT2D eigenvalue weighted by atomic mass is 9.98. The number of dihydropyridines is 1. The van der Waals surface area contributed by atoms with Crippen LogP contribution in [0.25, 0.3) is 5.69 Å². The lowest BCUT2D eigenvalue weighted by molar-refractivity contribution is 0.429. The van der Waals surface area contributed by atoms with Crippen molar-refractivity contribution >= 4 is 5.82 Å². The molecule has 0 unspecified atom stereocenters. The van der Waals surface area contributed by atoms with Crippen LogP contribution in [0, 0.1) is 19.8 Å². The molecule has 1 aromatic heterocycles. The van der Waals surface area contributed by atoms with E-state index >= 15 is 0 Å². The number of nitrogens with one attached hydrogen (secondary N) is 2. The van der Waals surface area contributed by atoms with E-state index in [2.05, 4.69) is 35.8 Å². The lowest BCUT2D eigenvalue weighted by Crippen LogP contribution is -2.33. The molecule has 1 aliphatic heterocycles. The molecule has 146 valence electrons. The molecule has 3 rings (SSSR count). The number of hydrogen-bond donors (Lipinski definition) is 3. The fourth-order valence-corrected chi connectivity index (χ4v) is 3.01. The zero-order chi connectivity index (χ0) is 20.6. The Balaban J connectivity index is 1.98. The number of hydrogen-bond acceptors (Lipinski definition) is 6. The number of aryl methyl sites for hydroxylation is 2. The normalized spacial score (nSPS) is 13.8. The van der Waals surface area contributed by atoms with Crippen molar-refractivity contribution in [2.45, 2.75) is 27.7 Å². The number of H-pyrrole nitrogens is 1. The van der Waals surface area contributed by atoms with E-state index in [0.29, 0.717) is 23.1 Å². The van der Waals surface area contributed by atoms with Crippen molar-refractivity contribution in [3.05, 3.63) is 80.0 Å². The Hall–Kier alpha value is -3.55. The molecule has 0 saturated heterocycles. The molecule has 2 aromatic rings. The Morgan fingerprint density at radius 1 is 1.21 bits per heavy atom. The van der Waals surface area contributed by atoms with Gasteiger partial charge in [0.25, 0.3) is 5.56 Å². The molecule has 8 heteroatoms. The molecular weight excluding hydrogens is 358 g/mol. The Bertz CT molecular complexity index is 1110. The largest absolute Gasteiger partial charge is 0.455 e. The summed E-state index contributed by atoms with van der Waals surface area (Å²) in [6.45, 7) is 11.9. The highest BCUT2D eigenvalue weighted by Crippen LogP contribution is 2.30. The summed E-state index contributed by atoms with van der Waals surface area (Å²) in [4.78, 5) is 25.6. The van der Waals surface area contributed by atoms with Crippen LogP contribution in [0.1, 0.15) is 25.0 Å². The Morgan fingerprint density at radius 3 is 2.46 bits per heavy atom. The first-order chi connectivity index (χ1) is 13.2. The second-order valence-corrected chi connectivity index (χ2v) is 6.99. The van der Waals surface area contributed by atoms with Crippen LogP contribution in [0.3, 0.4) is 0 Å². The highest BCUT2D eigenvalue weighted by atomic mass is 16.5. The number of aromatic amines is 1. The van der Waals surface area contributed by atoms with Crippen LogP contribution >= 0.6 is 0 Å². The molecular formula is C20H23N5O3. The molecule has 8 nitrogen and oxygen atoms in total. The van der Waals surface area contributed by atoms with Crippen LogP contribution in [-0.4, -0.2) is 14.8 Å². The molecule has 0 aliphatic carbocycles. The summed E-state index contributed by atoms with van der Waals surface area (Å²) >= 11 is 0. The van der Waals surface area contributed by atoms with Crippen molar-refractivity contribution in [3.63, 3.8) is 0 Å². The Labute approximate surface area is 162 Å². The van der Waals surface area contributed by atoms with Gasteiger partial charge < -0.3 is 15.8 Å². The molecule has 1 aromatic carbocycles. The number of aromatic nitrogens is 3. The fraction of sp³-hybridized carbons (Fsp3) is 0.250. The lowest BCUT2D eigenvalue weighted by Gasteiger charge is -2.22. The molecule has 0 amide bonds. The molecule has 0 radical (unpaired) electrons. The number of ether oxygens (including phenoxy) is 1. The van der Waals surface area contributed by atoms with Crippen molar-refractivity contribution in [2.24, 2.45) is 5.92 Å². The number of benzene rings is 1. The molecule has 28 heavy (non-hydrogen) atoms. The number of rotatable bonds is 4. The van der Waals surface area contributed by atoms with E-state index in [1.165, 1.54) is 0 Å². The van der Waals surface area contributed by atoms with Gasteiger partial charge in [0.15, 0.2) is 0 Å². The van der Waals surface area contributed by atoms with Crippen LogP contribution in [0.4, 0.5) is 5.82 Å². The summed E-state index contributed by atoms with van der Waals surface area (Å²) in [5, 5.41) is 6.99. The van der Waals surface area contributed by atoms with Crippen LogP contribution in [0.15, 0.2) is 57.6 Å². The zero-order valence-electron chi connectivity index (χ0n) is 16.3. The van der Waals surface area contributed by atoms with E-state index in [4.69, 9.17) is 10.5 Å². The van der Waals surface area contributed by atoms with Crippen LogP contribution in [-0.2, 0) is 0 Å². The van der Waals surface area contributed by atoms with Crippen molar-refractivity contribution in [1.82, 2.24) is 20.1 Å². The van der Waals surface area contributed by atoms with Gasteiger partial charge in [0, 0.05) is 11.9 Å². The summed E-state index contributed by atoms with van der Waals surface area (Å²) < 4.78 is 7.16. The van der Waals surface area contributed by atoms with Gasteiger partial charge in [-0.15, -0.1) is 5.10 Å². The maximum Gasteiger partial charge on any atom is 0.349 e. The van der Waals surface area contributed by atoms with Crippen LogP contribution < -0.4 is 27.0 Å². The van der Waals surface area contributed by atoms with E-state index in [9.17, 15) is 9.59 Å². The quantitative estimate of drug-likeness (QED) is 0.747. The molecule has 0 atom stereocenters. The Kier molecular flexibility index (Phi) is 4.96. The van der Waals surface area contributed by atoms with E-state index in [0.717, 1.165) is 27.1 Å². The van der Waals surface area contributed by atoms with E-state index in [1.807, 2.05) is 19.9 Å². The van der Waals surface area contributed by atoms with Crippen molar-refractivity contribution < 1.29 is 4.74 Å². The van der Waals surface area contributed by atoms with Gasteiger partial charge in [0.05, 0.1) is 5.69 Å². The molecule has 0 saturated carbocycles. The van der Waals surface area contributed by atoms with Gasteiger partial charge in [-0.25, -0.2) is 4.79 Å². The molecule has 2 heterocycles. The number of anilines is 1. The topological polar surface area (TPSA) is 115 Å². The van der Waals surface area contributed by atoms with Gasteiger partial charge in [-0.05, 0) is 54.7 Å². The van der Waals surface area contributed by atoms with Gasteiger partial charge in [0.1, 0.15) is 11.5 Å². The van der Waals surface area contributed by atoms with Crippen molar-refractivity contribution in [2.75, 3.05) is 5.73 Å². The van der Waals surface area contributed by atoms with E-state index in [-0.39, 0.29) is 5.82 Å². The predicted octanol–water partition coefficient (Wildman–Crippen LogP) is 2.04. The molecule has 0 spiro atoms. The second kappa shape index (κ2) is 7.22. The summed E-state index contributed by atoms with van der Waals surface area (Å²) in [7, 11) is 0. The van der Waals surface area contributed by atoms with Gasteiger partial charge in [-0.1, -0.05) is 20.4 Å². The van der Waals surface area contributed by atoms with Crippen LogP contribution in [0.2, 0.25) is 0 Å². The summed E-state index contributed by atoms with van der Waals surface area (Å²) in [5.41, 5.74) is 8.19. The highest BCUT2D eigenvalue weighted by Gasteiger charge is 2.16. The Morgan fingerprint density at radius 2 is 1.86 bits per heavy atom. The average molecular weight is 381 g/mol. The highest BCUT2D eigenvalue weighted by molar-refractivity contribution is 5.51. The minimum atomic E-state index is -0.708. The fourth-order valence-electron chi connectivity index (χ4n) is 3.01. The van der Waals surface area contributed by atoms with E-state index in [1.54, 1.807) is 18.3 Å². The minimum absolute atomic E-state index is 0.278. The first-order valence-electron chi connectivity index (χ1n) is 8.83. The SMILES string of the molecule is C=C1NC=C(Oc2c(C)cc(-n3nc(N)c(=O)[nH]c3=O)cc2C)C=C1C(C)C. The standard InChI is InChI=1S/C20H23N5O3/c1-10(2)16-8-15(9-22-13(16)5)28-17-11(3)6-14(7-12(17)4)25-20(27)23-19(26)18(21)24-25/h6-10,22H,5H2,1-4H3,(H2,21,24)(H,23,26,27). The number of allylic oxidation sites excluding steroid dienone is 2. The maximum absolute atomic E-state index is 12.1. The first-order valence-corrected chi connectivity index (χ1v) is 8.83. The monoisotopic (exact) mass is 381 g/mol. The van der Waals surface area contributed by atoms with Gasteiger partial charge in [-0.2, -0.15) is 4.68 Å². The average Bonchev–Trinajstić information content (AvgIpc) is 2.62. The van der Waals surface area contributed by atoms with E-state index < -0.39 is 11.2 Å². The van der Waals surface area contributed by atoms with Crippen LogP contribution in [0.5, 0.6) is 5.75 Å². The molecule has 0 fully saturated rings. The number of nitrogens with two attached hydrogens (primary N) is 1. The van der Waals surface area contributed by atoms with Gasteiger partial charge >= 0.3 is 5.69 Å². The molecule has 0 bridgehead atoms. The minimum Gasteiger partial charge on any atom is -0.455 e. The smallest absolute Gasteiger partial charge is 0.349 e. The maximum atomic E-state index is 12.1. The predicted molar refractivity (Wildman–Crippen MR) is 108 cm³/mol. The third-order valence-electron chi connectivity index (χ3n) is 4.42. The molecule has 4 N–H and O–H groups in total. The van der Waals surface area contributed by atoms with Crippen molar-refractivity contribution in [1.29, 1.82) is 0 Å². The zero-order valence-corrected chi connectivity index (χ0v) is 16.3. The third kappa shape index (κ3) is 3.62. The number of nitrogens with zero attached hydrogens (tertiary/aromatic N) is 2. The third-order valence-corrected chi connectivity index (χ3v) is 4.42.